The number of fused-ring (bicyclic) bond motifs is 1. The summed E-state index contributed by atoms with van der Waals surface area (Å²) >= 11 is 0. The summed E-state index contributed by atoms with van der Waals surface area (Å²) in [6.07, 6.45) is -4.06. The van der Waals surface area contributed by atoms with Crippen LogP contribution in [-0.2, 0) is 19.3 Å². The molecule has 6 nitrogen and oxygen atoms in total. The smallest absolute Gasteiger partial charge is 0.388 e. The molecule has 3 N–H and O–H groups in total. The van der Waals surface area contributed by atoms with Gasteiger partial charge in [-0.2, -0.15) is 13.2 Å². The van der Waals surface area contributed by atoms with Crippen LogP contribution in [0.5, 0.6) is 0 Å². The van der Waals surface area contributed by atoms with Crippen molar-refractivity contribution in [3.63, 3.8) is 0 Å². The summed E-state index contributed by atoms with van der Waals surface area (Å²) in [6.45, 7) is 1.52. The third-order valence-corrected chi connectivity index (χ3v) is 2.78. The van der Waals surface area contributed by atoms with Crippen LogP contribution in [0.3, 0.4) is 0 Å². The topological polar surface area (TPSA) is 83.8 Å². The highest BCUT2D eigenvalue weighted by Gasteiger charge is 2.39. The van der Waals surface area contributed by atoms with Crippen LogP contribution in [0.25, 0.3) is 0 Å². The lowest BCUT2D eigenvalue weighted by Gasteiger charge is -2.27. The maximum absolute atomic E-state index is 12.6. The van der Waals surface area contributed by atoms with E-state index in [1.165, 1.54) is 0 Å². The van der Waals surface area contributed by atoms with Crippen molar-refractivity contribution in [1.82, 2.24) is 19.7 Å². The van der Waals surface area contributed by atoms with Crippen LogP contribution in [0.15, 0.2) is 0 Å². The van der Waals surface area contributed by atoms with Crippen LogP contribution >= 0.6 is 0 Å². The lowest BCUT2D eigenvalue weighted by molar-refractivity contribution is -0.148. The summed E-state index contributed by atoms with van der Waals surface area (Å²) in [7, 11) is 0. The number of rotatable bonds is 3. The third-order valence-electron chi connectivity index (χ3n) is 2.78. The van der Waals surface area contributed by atoms with E-state index in [2.05, 4.69) is 10.2 Å². The number of amidine groups is 1. The Morgan fingerprint density at radius 3 is 2.67 bits per heavy atom. The minimum atomic E-state index is -4.47. The van der Waals surface area contributed by atoms with Crippen molar-refractivity contribution >= 4 is 5.84 Å². The van der Waals surface area contributed by atoms with Crippen molar-refractivity contribution < 1.29 is 13.2 Å². The van der Waals surface area contributed by atoms with Crippen molar-refractivity contribution in [1.29, 1.82) is 5.41 Å². The zero-order valence-corrected chi connectivity index (χ0v) is 9.54. The lowest BCUT2D eigenvalue weighted by atomic mass is 10.3. The number of alkyl halides is 3. The second-order valence-corrected chi connectivity index (χ2v) is 4.14. The third kappa shape index (κ3) is 2.61. The number of hydrogen-bond acceptors (Lipinski definition) is 4. The maximum Gasteiger partial charge on any atom is 0.451 e. The molecule has 1 aliphatic heterocycles. The van der Waals surface area contributed by atoms with Crippen molar-refractivity contribution in [2.75, 3.05) is 13.1 Å². The van der Waals surface area contributed by atoms with E-state index in [-0.39, 0.29) is 12.4 Å². The van der Waals surface area contributed by atoms with E-state index in [0.29, 0.717) is 31.9 Å². The molecule has 0 atom stereocenters. The zero-order chi connectivity index (χ0) is 13.3. The molecule has 0 radical (unpaired) electrons. The fourth-order valence-electron chi connectivity index (χ4n) is 1.89. The van der Waals surface area contributed by atoms with E-state index in [1.54, 1.807) is 0 Å². The highest BCUT2D eigenvalue weighted by atomic mass is 19.4. The Hall–Kier alpha value is -1.64. The monoisotopic (exact) mass is 262 g/mol. The Labute approximate surface area is 101 Å². The molecular weight excluding hydrogens is 249 g/mol. The molecule has 1 aromatic rings. The van der Waals surface area contributed by atoms with Crippen molar-refractivity contribution in [3.8, 4) is 0 Å². The minimum absolute atomic E-state index is 0.0676. The van der Waals surface area contributed by atoms with Gasteiger partial charge in [0.05, 0.1) is 12.4 Å². The molecule has 0 saturated carbocycles. The standard InChI is InChI=1S/C9H13F3N6/c10-9(11,12)8-16-15-7-5-17(2-1-6(13)14)3-4-18(7)8/h1-5H2,(H3,13,14). The Balaban J connectivity index is 2.08. The minimum Gasteiger partial charge on any atom is -0.388 e. The molecule has 1 aliphatic rings. The average molecular weight is 262 g/mol. The molecule has 0 aromatic carbocycles. The van der Waals surface area contributed by atoms with Crippen molar-refractivity contribution in [2.45, 2.75) is 25.7 Å². The predicted molar refractivity (Wildman–Crippen MR) is 56.8 cm³/mol. The molecule has 0 bridgehead atoms. The second kappa shape index (κ2) is 4.56. The first-order valence-electron chi connectivity index (χ1n) is 5.42. The van der Waals surface area contributed by atoms with Crippen LogP contribution in [0, 0.1) is 5.41 Å². The highest BCUT2D eigenvalue weighted by molar-refractivity contribution is 5.76. The highest BCUT2D eigenvalue weighted by Crippen LogP contribution is 2.29. The SMILES string of the molecule is N=C(N)CCN1CCn2c(nnc2C(F)(F)F)C1. The molecule has 0 aliphatic carbocycles. The van der Waals surface area contributed by atoms with Gasteiger partial charge in [0.15, 0.2) is 0 Å². The molecule has 0 saturated heterocycles. The molecule has 1 aromatic heterocycles. The van der Waals surface area contributed by atoms with Gasteiger partial charge in [-0.15, -0.1) is 10.2 Å². The molecular formula is C9H13F3N6. The van der Waals surface area contributed by atoms with Gasteiger partial charge in [0, 0.05) is 26.1 Å². The first kappa shape index (κ1) is 12.8. The normalized spacial score (nSPS) is 16.6. The van der Waals surface area contributed by atoms with Crippen LogP contribution in [0.4, 0.5) is 13.2 Å². The Morgan fingerprint density at radius 1 is 1.33 bits per heavy atom. The Kier molecular flexibility index (Phi) is 3.24. The largest absolute Gasteiger partial charge is 0.451 e. The predicted octanol–water partition coefficient (Wildman–Crippen LogP) is 0.439. The van der Waals surface area contributed by atoms with Gasteiger partial charge >= 0.3 is 6.18 Å². The van der Waals surface area contributed by atoms with Gasteiger partial charge in [-0.25, -0.2) is 0 Å². The van der Waals surface area contributed by atoms with Gasteiger partial charge in [-0.3, -0.25) is 10.3 Å². The molecule has 0 spiro atoms. The number of halogens is 3. The van der Waals surface area contributed by atoms with E-state index in [1.807, 2.05) is 4.90 Å². The molecule has 2 heterocycles. The van der Waals surface area contributed by atoms with E-state index in [9.17, 15) is 13.2 Å². The Bertz CT molecular complexity index is 452. The number of hydrogen-bond donors (Lipinski definition) is 2. The van der Waals surface area contributed by atoms with E-state index in [0.717, 1.165) is 4.57 Å². The van der Waals surface area contributed by atoms with Gasteiger partial charge in [0.1, 0.15) is 5.82 Å². The fourth-order valence-corrected chi connectivity index (χ4v) is 1.89. The van der Waals surface area contributed by atoms with Crippen molar-refractivity contribution in [3.05, 3.63) is 11.6 Å². The molecule has 9 heteroatoms. The van der Waals surface area contributed by atoms with Crippen LogP contribution < -0.4 is 5.73 Å². The molecule has 2 rings (SSSR count). The first-order valence-corrected chi connectivity index (χ1v) is 5.42. The second-order valence-electron chi connectivity index (χ2n) is 4.14. The summed E-state index contributed by atoms with van der Waals surface area (Å²) in [5, 5.41) is 13.9. The zero-order valence-electron chi connectivity index (χ0n) is 9.54. The lowest BCUT2D eigenvalue weighted by Crippen LogP contribution is -2.37. The maximum atomic E-state index is 12.6. The van der Waals surface area contributed by atoms with Crippen LogP contribution in [0.2, 0.25) is 0 Å². The summed E-state index contributed by atoms with van der Waals surface area (Å²) in [5.41, 5.74) is 5.24. The number of nitrogens with zero attached hydrogens (tertiary/aromatic N) is 4. The van der Waals surface area contributed by atoms with Gasteiger partial charge < -0.3 is 10.3 Å². The summed E-state index contributed by atoms with van der Waals surface area (Å²) in [6, 6.07) is 0. The van der Waals surface area contributed by atoms with E-state index >= 15 is 0 Å². The molecule has 18 heavy (non-hydrogen) atoms. The van der Waals surface area contributed by atoms with Crippen LogP contribution in [-0.4, -0.2) is 38.6 Å². The summed E-state index contributed by atoms with van der Waals surface area (Å²) in [5.74, 6) is -0.570. The first-order chi connectivity index (χ1) is 8.38. The molecule has 0 amide bonds. The number of nitrogens with one attached hydrogen (secondary N) is 1. The quantitative estimate of drug-likeness (QED) is 0.611. The van der Waals surface area contributed by atoms with Gasteiger partial charge in [0.2, 0.25) is 5.82 Å². The van der Waals surface area contributed by atoms with Gasteiger partial charge in [-0.05, 0) is 0 Å². The van der Waals surface area contributed by atoms with Crippen molar-refractivity contribution in [2.24, 2.45) is 5.73 Å². The van der Waals surface area contributed by atoms with Crippen LogP contribution in [0.1, 0.15) is 18.1 Å². The summed E-state index contributed by atoms with van der Waals surface area (Å²) < 4.78 is 38.8. The van der Waals surface area contributed by atoms with Gasteiger partial charge in [-0.1, -0.05) is 0 Å². The van der Waals surface area contributed by atoms with E-state index < -0.39 is 12.0 Å². The molecule has 0 unspecified atom stereocenters. The van der Waals surface area contributed by atoms with Gasteiger partial charge in [0.25, 0.3) is 0 Å². The Morgan fingerprint density at radius 2 is 2.06 bits per heavy atom. The number of nitrogens with two attached hydrogens (primary N) is 1. The van der Waals surface area contributed by atoms with E-state index in [4.69, 9.17) is 11.1 Å². The average Bonchev–Trinajstić information content (AvgIpc) is 2.68. The fraction of sp³-hybridized carbons (Fsp3) is 0.667. The molecule has 0 fully saturated rings. The number of aromatic nitrogens is 3. The molecule has 100 valence electrons. The summed E-state index contributed by atoms with van der Waals surface area (Å²) in [4.78, 5) is 1.91.